The van der Waals surface area contributed by atoms with Gasteiger partial charge in [-0.25, -0.2) is 0 Å². The van der Waals surface area contributed by atoms with Gasteiger partial charge in [-0.3, -0.25) is 4.79 Å². The van der Waals surface area contributed by atoms with Crippen LogP contribution in [0.3, 0.4) is 0 Å². The number of carbonyl (C=O) groups is 1. The van der Waals surface area contributed by atoms with Crippen LogP contribution in [-0.2, 0) is 14.3 Å². The van der Waals surface area contributed by atoms with E-state index in [-0.39, 0.29) is 65.4 Å². The van der Waals surface area contributed by atoms with Gasteiger partial charge in [-0.15, -0.1) is 0 Å². The fourth-order valence-corrected chi connectivity index (χ4v) is 9.97. The molecule has 1 saturated heterocycles. The summed E-state index contributed by atoms with van der Waals surface area (Å²) in [5.41, 5.74) is 0.627. The number of rotatable bonds is 3. The minimum Gasteiger partial charge on any atom is -1.00 e. The van der Waals surface area contributed by atoms with Crippen LogP contribution < -0.4 is 48.0 Å². The number of halogens is 2. The molecule has 5 nitrogen and oxygen atoms in total. The van der Waals surface area contributed by atoms with Crippen molar-refractivity contribution >= 4 is 5.97 Å². The summed E-state index contributed by atoms with van der Waals surface area (Å²) in [5.74, 6) is 3.14. The molecule has 7 heteroatoms. The standard InChI is InChI=1S/C29H52N2O3.2HI/c1-20(32)34-27-26(31(7)14-16-33-17-15-31)19-25-23-9-8-21-18-22(30(4,5)6)10-12-28(21,2)24(23)11-13-29(25,27)3;;/h21-27H,8-19H2,1-7H3;2*1H/q+2;;/p-2/t21-,22-,23+,24-,25-,26-,27-,28-,29-;;/m0../s1. The van der Waals surface area contributed by atoms with Gasteiger partial charge >= 0.3 is 5.97 Å². The highest BCUT2D eigenvalue weighted by Gasteiger charge is 2.66. The summed E-state index contributed by atoms with van der Waals surface area (Å²) < 4.78 is 14.2. The van der Waals surface area contributed by atoms with Gasteiger partial charge in [-0.1, -0.05) is 13.8 Å². The fourth-order valence-electron chi connectivity index (χ4n) is 9.97. The largest absolute Gasteiger partial charge is 1.00 e. The Hall–Kier alpha value is 0.810. The first kappa shape index (κ1) is 31.3. The number of esters is 1. The molecule has 4 aliphatic carbocycles. The number of morpholine rings is 1. The van der Waals surface area contributed by atoms with Crippen molar-refractivity contribution in [2.24, 2.45) is 34.5 Å². The van der Waals surface area contributed by atoms with E-state index in [1.165, 1.54) is 51.4 Å². The molecule has 0 unspecified atom stereocenters. The van der Waals surface area contributed by atoms with Crippen LogP contribution in [0.5, 0.6) is 0 Å². The van der Waals surface area contributed by atoms with Crippen LogP contribution in [-0.4, -0.2) is 87.6 Å². The highest BCUT2D eigenvalue weighted by Crippen LogP contribution is 2.67. The van der Waals surface area contributed by atoms with Crippen LogP contribution in [0, 0.1) is 34.5 Å². The summed E-state index contributed by atoms with van der Waals surface area (Å²) in [4.78, 5) is 12.3. The van der Waals surface area contributed by atoms with Crippen LogP contribution in [0.2, 0.25) is 0 Å². The highest BCUT2D eigenvalue weighted by atomic mass is 127. The lowest BCUT2D eigenvalue weighted by atomic mass is 9.45. The van der Waals surface area contributed by atoms with Crippen LogP contribution in [0.1, 0.15) is 72.1 Å². The number of likely N-dealkylation sites (N-methyl/N-ethyl adjacent to an activating group) is 1. The van der Waals surface area contributed by atoms with Gasteiger partial charge in [0.05, 0.1) is 47.4 Å². The lowest BCUT2D eigenvalue weighted by molar-refractivity contribution is -0.942. The second kappa shape index (κ2) is 11.0. The van der Waals surface area contributed by atoms with E-state index in [9.17, 15) is 4.79 Å². The van der Waals surface area contributed by atoms with Gasteiger partial charge in [0.2, 0.25) is 0 Å². The molecule has 0 aromatic heterocycles. The molecule has 5 rings (SSSR count). The Bertz CT molecular complexity index is 798. The first-order chi connectivity index (χ1) is 15.9. The molecular formula is C29H52I2N2O3. The summed E-state index contributed by atoms with van der Waals surface area (Å²) in [5, 5.41) is 0. The van der Waals surface area contributed by atoms with E-state index >= 15 is 0 Å². The molecule has 0 aromatic carbocycles. The lowest BCUT2D eigenvalue weighted by Crippen LogP contribution is -3.00. The third kappa shape index (κ3) is 5.16. The van der Waals surface area contributed by atoms with Gasteiger partial charge < -0.3 is 66.4 Å². The molecule has 1 aliphatic heterocycles. The fraction of sp³-hybridized carbons (Fsp3) is 0.966. The van der Waals surface area contributed by atoms with E-state index in [4.69, 9.17) is 9.47 Å². The van der Waals surface area contributed by atoms with Crippen molar-refractivity contribution in [3.8, 4) is 0 Å². The van der Waals surface area contributed by atoms with E-state index in [1.54, 1.807) is 6.92 Å². The Labute approximate surface area is 255 Å². The molecular weight excluding hydrogens is 678 g/mol. The summed E-state index contributed by atoms with van der Waals surface area (Å²) in [6.45, 7) is 10.6. The molecule has 0 radical (unpaired) electrons. The minimum absolute atomic E-state index is 0. The summed E-state index contributed by atoms with van der Waals surface area (Å²) >= 11 is 0. The zero-order chi connectivity index (χ0) is 24.5. The van der Waals surface area contributed by atoms with Crippen LogP contribution >= 0.6 is 0 Å². The summed E-state index contributed by atoms with van der Waals surface area (Å²) in [6.07, 6.45) is 10.8. The monoisotopic (exact) mass is 730 g/mol. The van der Waals surface area contributed by atoms with Gasteiger partial charge in [0.15, 0.2) is 6.10 Å². The number of hydrogen-bond donors (Lipinski definition) is 0. The van der Waals surface area contributed by atoms with Crippen molar-refractivity contribution < 1.29 is 71.2 Å². The highest BCUT2D eigenvalue weighted by molar-refractivity contribution is 5.66. The molecule has 0 spiro atoms. The number of quaternary nitrogens is 2. The first-order valence-electron chi connectivity index (χ1n) is 14.3. The zero-order valence-electron chi connectivity index (χ0n) is 23.9. The minimum atomic E-state index is -0.0897. The Morgan fingerprint density at radius 1 is 0.917 bits per heavy atom. The molecule has 9 atom stereocenters. The van der Waals surface area contributed by atoms with E-state index in [2.05, 4.69) is 42.0 Å². The third-order valence-corrected chi connectivity index (χ3v) is 12.3. The number of carbonyl (C=O) groups excluding carboxylic acids is 1. The van der Waals surface area contributed by atoms with Crippen LogP contribution in [0.4, 0.5) is 0 Å². The summed E-state index contributed by atoms with van der Waals surface area (Å²) in [6, 6.07) is 1.24. The molecule has 1 heterocycles. The second-order valence-electron chi connectivity index (χ2n) is 14.6. The van der Waals surface area contributed by atoms with Crippen molar-refractivity contribution in [2.45, 2.75) is 90.3 Å². The number of fused-ring (bicyclic) bond motifs is 5. The summed E-state index contributed by atoms with van der Waals surface area (Å²) in [7, 11) is 9.60. The molecule has 0 N–H and O–H groups in total. The SMILES string of the molecule is CC(=O)O[C@H]1[C@@H]([N+]2(C)CCOCC2)C[C@H]2[C@@H]3CC[C@H]4C[C@@H]([N+](C)(C)C)CC[C@]4(C)[C@H]3CC[C@@]21C.[I-].[I-]. The lowest BCUT2D eigenvalue weighted by Gasteiger charge is -2.61. The molecule has 36 heavy (non-hydrogen) atoms. The normalized spacial score (nSPS) is 45.7. The van der Waals surface area contributed by atoms with E-state index in [1.807, 2.05) is 0 Å². The van der Waals surface area contributed by atoms with Gasteiger partial charge in [-0.2, -0.15) is 0 Å². The van der Waals surface area contributed by atoms with Gasteiger partial charge in [0.25, 0.3) is 0 Å². The van der Waals surface area contributed by atoms with E-state index in [0.29, 0.717) is 17.4 Å². The number of hydrogen-bond acceptors (Lipinski definition) is 3. The van der Waals surface area contributed by atoms with Gasteiger partial charge in [0, 0.05) is 25.2 Å². The average Bonchev–Trinajstić information content (AvgIpc) is 3.05. The van der Waals surface area contributed by atoms with Crippen molar-refractivity contribution in [3.05, 3.63) is 0 Å². The van der Waals surface area contributed by atoms with Crippen molar-refractivity contribution in [1.82, 2.24) is 0 Å². The average molecular weight is 731 g/mol. The van der Waals surface area contributed by atoms with Crippen LogP contribution in [0.25, 0.3) is 0 Å². The quantitative estimate of drug-likeness (QED) is 0.202. The molecule has 0 amide bonds. The number of nitrogens with zero attached hydrogens (tertiary/aromatic N) is 2. The molecule has 4 saturated carbocycles. The molecule has 5 fully saturated rings. The van der Waals surface area contributed by atoms with Crippen molar-refractivity contribution in [1.29, 1.82) is 0 Å². The third-order valence-electron chi connectivity index (χ3n) is 12.3. The van der Waals surface area contributed by atoms with Crippen molar-refractivity contribution in [3.63, 3.8) is 0 Å². The van der Waals surface area contributed by atoms with Crippen LogP contribution in [0.15, 0.2) is 0 Å². The van der Waals surface area contributed by atoms with Crippen molar-refractivity contribution in [2.75, 3.05) is 54.5 Å². The predicted molar refractivity (Wildman–Crippen MR) is 135 cm³/mol. The second-order valence-corrected chi connectivity index (χ2v) is 14.6. The molecule has 5 aliphatic rings. The van der Waals surface area contributed by atoms with E-state index < -0.39 is 0 Å². The van der Waals surface area contributed by atoms with Gasteiger partial charge in [-0.05, 0) is 67.6 Å². The Morgan fingerprint density at radius 2 is 1.56 bits per heavy atom. The maximum atomic E-state index is 12.3. The maximum absolute atomic E-state index is 12.3. The zero-order valence-corrected chi connectivity index (χ0v) is 28.2. The van der Waals surface area contributed by atoms with Gasteiger partial charge in [0.1, 0.15) is 19.1 Å². The Kier molecular flexibility index (Phi) is 9.58. The molecule has 210 valence electrons. The molecule has 0 aromatic rings. The Balaban J connectivity index is 0.00000180. The first-order valence-corrected chi connectivity index (χ1v) is 14.3. The smallest absolute Gasteiger partial charge is 0.303 e. The van der Waals surface area contributed by atoms with E-state index in [0.717, 1.165) is 59.1 Å². The predicted octanol–water partition coefficient (Wildman–Crippen LogP) is -1.50. The molecule has 0 bridgehead atoms. The maximum Gasteiger partial charge on any atom is 0.303 e. The number of ether oxygens (including phenoxy) is 2. The topological polar surface area (TPSA) is 35.5 Å². The Morgan fingerprint density at radius 3 is 2.17 bits per heavy atom.